The Kier molecular flexibility index (Phi) is 3.23. The van der Waals surface area contributed by atoms with E-state index in [9.17, 15) is 14.0 Å². The predicted octanol–water partition coefficient (Wildman–Crippen LogP) is 3.89. The van der Waals surface area contributed by atoms with E-state index in [1.807, 2.05) is 20.8 Å². The average Bonchev–Trinajstić information content (AvgIpc) is 3.07. The molecule has 1 aliphatic heterocycles. The summed E-state index contributed by atoms with van der Waals surface area (Å²) < 4.78 is 13.6. The van der Waals surface area contributed by atoms with Gasteiger partial charge in [0.15, 0.2) is 5.78 Å². The van der Waals surface area contributed by atoms with E-state index in [-0.39, 0.29) is 23.5 Å². The second kappa shape index (κ2) is 4.90. The minimum Gasteiger partial charge on any atom is -0.308 e. The summed E-state index contributed by atoms with van der Waals surface area (Å²) in [5.74, 6) is 0.0907. The van der Waals surface area contributed by atoms with Crippen LogP contribution in [0.2, 0.25) is 0 Å². The van der Waals surface area contributed by atoms with Crippen LogP contribution in [0, 0.1) is 22.6 Å². The van der Waals surface area contributed by atoms with Crippen molar-refractivity contribution >= 4 is 17.4 Å². The SMILES string of the molecule is C[C@H]1CCc2cc(F)ccc2N1C(=O)[C@@]12CC[C@H](C1)C(C)(C)C2=O. The van der Waals surface area contributed by atoms with E-state index in [4.69, 9.17) is 0 Å². The molecular weight excluding hydrogens is 305 g/mol. The molecule has 0 saturated heterocycles. The molecule has 0 aromatic heterocycles. The summed E-state index contributed by atoms with van der Waals surface area (Å²) in [7, 11) is 0. The lowest BCUT2D eigenvalue weighted by Gasteiger charge is -2.41. The first-order chi connectivity index (χ1) is 11.3. The number of nitrogens with zero attached hydrogens (tertiary/aromatic N) is 1. The molecule has 2 fully saturated rings. The lowest BCUT2D eigenvalue weighted by Crippen LogP contribution is -2.53. The number of carbonyl (C=O) groups excluding carboxylic acids is 2. The fraction of sp³-hybridized carbons (Fsp3) is 0.600. The second-order valence-electron chi connectivity index (χ2n) is 8.41. The normalized spacial score (nSPS) is 33.7. The van der Waals surface area contributed by atoms with Gasteiger partial charge >= 0.3 is 0 Å². The van der Waals surface area contributed by atoms with Crippen molar-refractivity contribution in [2.45, 2.75) is 58.9 Å². The van der Waals surface area contributed by atoms with E-state index in [2.05, 4.69) is 0 Å². The number of ketones is 1. The first-order valence-corrected chi connectivity index (χ1v) is 8.94. The summed E-state index contributed by atoms with van der Waals surface area (Å²) in [4.78, 5) is 28.4. The van der Waals surface area contributed by atoms with Crippen molar-refractivity contribution in [3.63, 3.8) is 0 Å². The van der Waals surface area contributed by atoms with E-state index < -0.39 is 10.8 Å². The number of hydrogen-bond acceptors (Lipinski definition) is 2. The van der Waals surface area contributed by atoms with Crippen molar-refractivity contribution in [3.05, 3.63) is 29.6 Å². The van der Waals surface area contributed by atoms with Gasteiger partial charge in [0.05, 0.1) is 0 Å². The van der Waals surface area contributed by atoms with Crippen LogP contribution in [0.3, 0.4) is 0 Å². The molecule has 1 aromatic rings. The van der Waals surface area contributed by atoms with Gasteiger partial charge in [0.25, 0.3) is 0 Å². The maximum Gasteiger partial charge on any atom is 0.240 e. The number of amides is 1. The molecule has 1 amide bonds. The zero-order valence-corrected chi connectivity index (χ0v) is 14.6. The molecule has 1 aromatic carbocycles. The van der Waals surface area contributed by atoms with Crippen LogP contribution in [0.4, 0.5) is 10.1 Å². The number of Topliss-reactive ketones (excluding diaryl/α,β-unsaturated/α-hetero) is 1. The highest BCUT2D eigenvalue weighted by atomic mass is 19.1. The van der Waals surface area contributed by atoms with Gasteiger partial charge in [0.1, 0.15) is 11.2 Å². The zero-order valence-electron chi connectivity index (χ0n) is 14.6. The van der Waals surface area contributed by atoms with Crippen LogP contribution in [0.5, 0.6) is 0 Å². The lowest BCUT2D eigenvalue weighted by atomic mass is 9.70. The van der Waals surface area contributed by atoms with Crippen molar-refractivity contribution in [1.82, 2.24) is 0 Å². The van der Waals surface area contributed by atoms with Crippen LogP contribution >= 0.6 is 0 Å². The van der Waals surface area contributed by atoms with Gasteiger partial charge in [-0.3, -0.25) is 9.59 Å². The number of hydrogen-bond donors (Lipinski definition) is 0. The van der Waals surface area contributed by atoms with Gasteiger partial charge in [0.2, 0.25) is 5.91 Å². The lowest BCUT2D eigenvalue weighted by molar-refractivity contribution is -0.144. The third kappa shape index (κ3) is 1.88. The molecule has 4 rings (SSSR count). The van der Waals surface area contributed by atoms with Gasteiger partial charge in [-0.25, -0.2) is 4.39 Å². The first-order valence-electron chi connectivity index (χ1n) is 8.94. The van der Waals surface area contributed by atoms with Gasteiger partial charge in [-0.05, 0) is 68.7 Å². The Balaban J connectivity index is 1.77. The van der Waals surface area contributed by atoms with E-state index >= 15 is 0 Å². The summed E-state index contributed by atoms with van der Waals surface area (Å²) in [6, 6.07) is 4.68. The topological polar surface area (TPSA) is 37.4 Å². The van der Waals surface area contributed by atoms with Crippen molar-refractivity contribution < 1.29 is 14.0 Å². The quantitative estimate of drug-likeness (QED) is 0.733. The largest absolute Gasteiger partial charge is 0.308 e. The van der Waals surface area contributed by atoms with Crippen LogP contribution in [0.15, 0.2) is 18.2 Å². The van der Waals surface area contributed by atoms with E-state index in [1.54, 1.807) is 11.0 Å². The Hall–Kier alpha value is -1.71. The summed E-state index contributed by atoms with van der Waals surface area (Å²) >= 11 is 0. The number of fused-ring (bicyclic) bond motifs is 3. The highest BCUT2D eigenvalue weighted by molar-refractivity contribution is 6.16. The molecule has 24 heavy (non-hydrogen) atoms. The van der Waals surface area contributed by atoms with Gasteiger partial charge < -0.3 is 4.90 Å². The first kappa shape index (κ1) is 15.8. The highest BCUT2D eigenvalue weighted by Gasteiger charge is 2.66. The van der Waals surface area contributed by atoms with Crippen LogP contribution in [0.25, 0.3) is 0 Å². The summed E-state index contributed by atoms with van der Waals surface area (Å²) in [5, 5.41) is 0. The molecule has 2 aliphatic carbocycles. The molecule has 0 radical (unpaired) electrons. The third-order valence-electron chi connectivity index (χ3n) is 6.76. The summed E-state index contributed by atoms with van der Waals surface area (Å²) in [6.07, 6.45) is 3.87. The fourth-order valence-corrected chi connectivity index (χ4v) is 5.22. The zero-order chi connectivity index (χ0) is 17.3. The Labute approximate surface area is 142 Å². The maximum atomic E-state index is 13.6. The molecule has 3 nitrogen and oxygen atoms in total. The van der Waals surface area contributed by atoms with Crippen LogP contribution in [-0.2, 0) is 16.0 Å². The number of aryl methyl sites for hydroxylation is 1. The second-order valence-corrected chi connectivity index (χ2v) is 8.41. The van der Waals surface area contributed by atoms with Crippen molar-refractivity contribution in [2.24, 2.45) is 16.7 Å². The van der Waals surface area contributed by atoms with E-state index in [1.165, 1.54) is 12.1 Å². The number of halogens is 1. The molecule has 0 unspecified atom stereocenters. The third-order valence-corrected chi connectivity index (χ3v) is 6.76. The van der Waals surface area contributed by atoms with Crippen LogP contribution < -0.4 is 4.90 Å². The fourth-order valence-electron chi connectivity index (χ4n) is 5.22. The highest BCUT2D eigenvalue weighted by Crippen LogP contribution is 2.61. The molecule has 4 heteroatoms. The maximum absolute atomic E-state index is 13.6. The Morgan fingerprint density at radius 2 is 2.04 bits per heavy atom. The molecular formula is C20H24FNO2. The summed E-state index contributed by atoms with van der Waals surface area (Å²) in [6.45, 7) is 5.99. The van der Waals surface area contributed by atoms with Crippen LogP contribution in [-0.4, -0.2) is 17.7 Å². The van der Waals surface area contributed by atoms with Gasteiger partial charge in [-0.1, -0.05) is 13.8 Å². The van der Waals surface area contributed by atoms with Crippen molar-refractivity contribution in [3.8, 4) is 0 Å². The molecule has 3 atom stereocenters. The molecule has 3 aliphatic rings. The van der Waals surface area contributed by atoms with E-state index in [0.717, 1.165) is 30.5 Å². The molecule has 1 heterocycles. The number of carbonyl (C=O) groups is 2. The Morgan fingerprint density at radius 1 is 1.29 bits per heavy atom. The van der Waals surface area contributed by atoms with E-state index in [0.29, 0.717) is 18.8 Å². The van der Waals surface area contributed by atoms with Gasteiger partial charge in [0, 0.05) is 17.1 Å². The standard InChI is InChI=1S/C20H24FNO2/c1-12-4-5-13-10-15(21)6-7-16(13)22(12)18(24)20-9-8-14(11-20)19(2,3)17(20)23/h6-7,10,12,14H,4-5,8-9,11H2,1-3H3/t12-,14+,20-/m0/s1. The van der Waals surface area contributed by atoms with Crippen molar-refractivity contribution in [2.75, 3.05) is 4.90 Å². The summed E-state index contributed by atoms with van der Waals surface area (Å²) in [5.41, 5.74) is 0.400. The van der Waals surface area contributed by atoms with Crippen molar-refractivity contribution in [1.29, 1.82) is 0 Å². The Morgan fingerprint density at radius 3 is 2.71 bits per heavy atom. The monoisotopic (exact) mass is 329 g/mol. The molecule has 0 spiro atoms. The Bertz CT molecular complexity index is 741. The number of rotatable bonds is 1. The molecule has 2 saturated carbocycles. The molecule has 2 bridgehead atoms. The number of anilines is 1. The van der Waals surface area contributed by atoms with Gasteiger partial charge in [-0.2, -0.15) is 0 Å². The average molecular weight is 329 g/mol. The minimum absolute atomic E-state index is 0.0420. The minimum atomic E-state index is -0.856. The molecule has 0 N–H and O–H groups in total. The van der Waals surface area contributed by atoms with Gasteiger partial charge in [-0.15, -0.1) is 0 Å². The molecule has 128 valence electrons. The predicted molar refractivity (Wildman–Crippen MR) is 90.2 cm³/mol. The smallest absolute Gasteiger partial charge is 0.240 e. The number of benzene rings is 1. The van der Waals surface area contributed by atoms with Crippen LogP contribution in [0.1, 0.15) is 52.0 Å².